The SMILES string of the molecule is COc1cc(OC)c2c(c1Cl)O[C@@]1(C(=O)C=C(Nc3ccc(O)cc3C(=O)O)C[C@H]1C)C2=O. The number of phenolic OH excluding ortho intramolecular Hbond substituents is 1. The van der Waals surface area contributed by atoms with Gasteiger partial charge in [0.05, 0.1) is 25.5 Å². The van der Waals surface area contributed by atoms with Gasteiger partial charge in [0, 0.05) is 23.8 Å². The van der Waals surface area contributed by atoms with Gasteiger partial charge in [0.25, 0.3) is 0 Å². The number of carboxylic acid groups (broad SMARTS) is 1. The largest absolute Gasteiger partial charge is 0.508 e. The lowest BCUT2D eigenvalue weighted by Crippen LogP contribution is -2.55. The van der Waals surface area contributed by atoms with E-state index in [2.05, 4.69) is 5.32 Å². The summed E-state index contributed by atoms with van der Waals surface area (Å²) >= 11 is 6.37. The first kappa shape index (κ1) is 22.5. The van der Waals surface area contributed by atoms with Crippen molar-refractivity contribution in [2.45, 2.75) is 18.9 Å². The van der Waals surface area contributed by atoms with Gasteiger partial charge in [0.2, 0.25) is 17.2 Å². The van der Waals surface area contributed by atoms with Crippen LogP contribution in [0, 0.1) is 5.92 Å². The molecule has 172 valence electrons. The molecule has 33 heavy (non-hydrogen) atoms. The van der Waals surface area contributed by atoms with Crippen LogP contribution in [0.25, 0.3) is 0 Å². The van der Waals surface area contributed by atoms with E-state index in [0.29, 0.717) is 5.70 Å². The Hall–Kier alpha value is -3.72. The van der Waals surface area contributed by atoms with Gasteiger partial charge in [-0.1, -0.05) is 18.5 Å². The first-order chi connectivity index (χ1) is 15.6. The van der Waals surface area contributed by atoms with Crippen molar-refractivity contribution in [1.29, 1.82) is 0 Å². The van der Waals surface area contributed by atoms with Gasteiger partial charge in [-0.2, -0.15) is 0 Å². The summed E-state index contributed by atoms with van der Waals surface area (Å²) in [7, 11) is 2.79. The average molecular weight is 474 g/mol. The second-order valence-electron chi connectivity index (χ2n) is 7.77. The average Bonchev–Trinajstić information content (AvgIpc) is 3.09. The van der Waals surface area contributed by atoms with Crippen LogP contribution in [0.4, 0.5) is 5.69 Å². The molecule has 3 N–H and O–H groups in total. The second-order valence-corrected chi connectivity index (χ2v) is 8.14. The van der Waals surface area contributed by atoms with E-state index in [1.54, 1.807) is 6.92 Å². The van der Waals surface area contributed by atoms with Gasteiger partial charge in [-0.05, 0) is 24.6 Å². The summed E-state index contributed by atoms with van der Waals surface area (Å²) in [6.07, 6.45) is 1.42. The van der Waals surface area contributed by atoms with E-state index in [0.717, 1.165) is 6.07 Å². The van der Waals surface area contributed by atoms with Gasteiger partial charge < -0.3 is 29.7 Å². The van der Waals surface area contributed by atoms with Crippen molar-refractivity contribution in [3.63, 3.8) is 0 Å². The number of carbonyl (C=O) groups is 3. The lowest BCUT2D eigenvalue weighted by atomic mass is 9.74. The lowest BCUT2D eigenvalue weighted by molar-refractivity contribution is -0.129. The van der Waals surface area contributed by atoms with Crippen LogP contribution in [0.5, 0.6) is 23.0 Å². The molecule has 2 aromatic rings. The molecule has 0 fully saturated rings. The molecule has 0 amide bonds. The number of Topliss-reactive ketones (excluding diaryl/α,β-unsaturated/α-hetero) is 1. The van der Waals surface area contributed by atoms with Crippen LogP contribution < -0.4 is 19.5 Å². The molecule has 4 rings (SSSR count). The van der Waals surface area contributed by atoms with Crippen LogP contribution in [0.3, 0.4) is 0 Å². The fourth-order valence-corrected chi connectivity index (χ4v) is 4.47. The molecule has 1 spiro atoms. The number of methoxy groups -OCH3 is 2. The molecular weight excluding hydrogens is 454 g/mol. The van der Waals surface area contributed by atoms with Crippen molar-refractivity contribution in [3.8, 4) is 23.0 Å². The predicted molar refractivity (Wildman–Crippen MR) is 118 cm³/mol. The summed E-state index contributed by atoms with van der Waals surface area (Å²) < 4.78 is 16.5. The number of anilines is 1. The molecule has 1 aliphatic heterocycles. The third kappa shape index (κ3) is 3.36. The summed E-state index contributed by atoms with van der Waals surface area (Å²) in [5.41, 5.74) is -1.34. The fourth-order valence-electron chi connectivity index (χ4n) is 4.21. The van der Waals surface area contributed by atoms with E-state index in [4.69, 9.17) is 25.8 Å². The normalized spacial score (nSPS) is 21.3. The summed E-state index contributed by atoms with van der Waals surface area (Å²) in [5.74, 6) is -2.83. The number of rotatable bonds is 5. The van der Waals surface area contributed by atoms with E-state index in [1.807, 2.05) is 0 Å². The third-order valence-electron chi connectivity index (χ3n) is 5.84. The number of ether oxygens (including phenoxy) is 3. The van der Waals surface area contributed by atoms with Crippen LogP contribution in [0.1, 0.15) is 34.1 Å². The topological polar surface area (TPSA) is 131 Å². The Labute approximate surface area is 193 Å². The van der Waals surface area contributed by atoms with Crippen LogP contribution in [0.15, 0.2) is 36.0 Å². The number of carbonyl (C=O) groups excluding carboxylic acids is 2. The molecule has 2 aromatic carbocycles. The van der Waals surface area contributed by atoms with Crippen molar-refractivity contribution in [1.82, 2.24) is 0 Å². The predicted octanol–water partition coefficient (Wildman–Crippen LogP) is 3.68. The minimum Gasteiger partial charge on any atom is -0.508 e. The van der Waals surface area contributed by atoms with E-state index >= 15 is 0 Å². The van der Waals surface area contributed by atoms with E-state index in [1.165, 1.54) is 38.5 Å². The number of hydrogen-bond acceptors (Lipinski definition) is 8. The molecular formula is C23H20ClNO8. The second kappa shape index (κ2) is 8.00. The Morgan fingerprint density at radius 2 is 1.91 bits per heavy atom. The number of ketones is 2. The van der Waals surface area contributed by atoms with Crippen molar-refractivity contribution >= 4 is 34.8 Å². The molecule has 1 aliphatic carbocycles. The number of nitrogens with one attached hydrogen (secondary N) is 1. The maximum absolute atomic E-state index is 13.5. The highest BCUT2D eigenvalue weighted by atomic mass is 35.5. The van der Waals surface area contributed by atoms with Gasteiger partial charge in [-0.15, -0.1) is 0 Å². The number of carboxylic acids is 1. The molecule has 0 aromatic heterocycles. The third-order valence-corrected chi connectivity index (χ3v) is 6.20. The zero-order valence-corrected chi connectivity index (χ0v) is 18.6. The van der Waals surface area contributed by atoms with Gasteiger partial charge in [0.1, 0.15) is 27.8 Å². The van der Waals surface area contributed by atoms with E-state index in [-0.39, 0.29) is 51.3 Å². The minimum atomic E-state index is -1.83. The fraction of sp³-hybridized carbons (Fsp3) is 0.261. The first-order valence-corrected chi connectivity index (χ1v) is 10.3. The highest BCUT2D eigenvalue weighted by Crippen LogP contribution is 2.53. The maximum atomic E-state index is 13.5. The summed E-state index contributed by atoms with van der Waals surface area (Å²) in [6.45, 7) is 1.68. The van der Waals surface area contributed by atoms with Crippen LogP contribution in [-0.4, -0.2) is 47.6 Å². The zero-order chi connectivity index (χ0) is 24.1. The summed E-state index contributed by atoms with van der Waals surface area (Å²) in [5, 5.41) is 22.0. The molecule has 0 radical (unpaired) electrons. The number of aromatic hydroxyl groups is 1. The van der Waals surface area contributed by atoms with Gasteiger partial charge >= 0.3 is 5.97 Å². The smallest absolute Gasteiger partial charge is 0.337 e. The maximum Gasteiger partial charge on any atom is 0.337 e. The van der Waals surface area contributed by atoms with Gasteiger partial charge in [-0.25, -0.2) is 4.79 Å². The van der Waals surface area contributed by atoms with Crippen molar-refractivity contribution < 1.29 is 38.8 Å². The molecule has 0 unspecified atom stereocenters. The molecule has 2 aliphatic rings. The highest BCUT2D eigenvalue weighted by Gasteiger charge is 2.60. The number of allylic oxidation sites excluding steroid dienone is 1. The van der Waals surface area contributed by atoms with Crippen LogP contribution in [0.2, 0.25) is 5.02 Å². The zero-order valence-electron chi connectivity index (χ0n) is 17.9. The Balaban J connectivity index is 1.73. The van der Waals surface area contributed by atoms with Crippen LogP contribution in [-0.2, 0) is 4.79 Å². The monoisotopic (exact) mass is 473 g/mol. The highest BCUT2D eigenvalue weighted by molar-refractivity contribution is 6.36. The quantitative estimate of drug-likeness (QED) is 0.439. The van der Waals surface area contributed by atoms with E-state index < -0.39 is 29.1 Å². The first-order valence-electron chi connectivity index (χ1n) is 9.90. The Kier molecular flexibility index (Phi) is 5.45. The molecule has 0 bridgehead atoms. The standard InChI is InChI=1S/C23H20ClNO8/c1-10-6-11(25-14-5-4-12(26)8-13(14)22(29)30)7-17(27)23(10)21(28)18-15(31-2)9-16(32-3)19(24)20(18)33-23/h4-5,7-10,25-26H,6H2,1-3H3,(H,29,30)/t10-,23+/m1/s1. The number of halogens is 1. The molecule has 1 heterocycles. The molecule has 2 atom stereocenters. The Morgan fingerprint density at radius 1 is 1.21 bits per heavy atom. The number of fused-ring (bicyclic) bond motifs is 1. The molecule has 9 nitrogen and oxygen atoms in total. The Morgan fingerprint density at radius 3 is 2.52 bits per heavy atom. The number of hydrogen-bond donors (Lipinski definition) is 3. The summed E-state index contributed by atoms with van der Waals surface area (Å²) in [6, 6.07) is 5.28. The van der Waals surface area contributed by atoms with Crippen LogP contribution >= 0.6 is 11.6 Å². The lowest BCUT2D eigenvalue weighted by Gasteiger charge is -2.35. The number of benzene rings is 2. The molecule has 0 saturated heterocycles. The van der Waals surface area contributed by atoms with Gasteiger partial charge in [0.15, 0.2) is 5.75 Å². The number of phenols is 1. The summed E-state index contributed by atoms with van der Waals surface area (Å²) in [4.78, 5) is 38.3. The van der Waals surface area contributed by atoms with Crippen molar-refractivity contribution in [2.75, 3.05) is 19.5 Å². The van der Waals surface area contributed by atoms with E-state index in [9.17, 15) is 24.6 Å². The minimum absolute atomic E-state index is 0.0228. The number of aromatic carboxylic acids is 1. The molecule has 0 saturated carbocycles. The van der Waals surface area contributed by atoms with Crippen molar-refractivity contribution in [3.05, 3.63) is 52.2 Å². The van der Waals surface area contributed by atoms with Gasteiger partial charge in [-0.3, -0.25) is 9.59 Å². The molecule has 10 heteroatoms. The van der Waals surface area contributed by atoms with Crippen molar-refractivity contribution in [2.24, 2.45) is 5.92 Å². The Bertz CT molecular complexity index is 1240.